The fourth-order valence-corrected chi connectivity index (χ4v) is 1.33. The number of nitrogens with zero attached hydrogens (tertiary/aromatic N) is 1. The van der Waals surface area contributed by atoms with Gasteiger partial charge in [0, 0.05) is 5.56 Å². The predicted molar refractivity (Wildman–Crippen MR) is 53.7 cm³/mol. The molecule has 0 heterocycles. The number of aliphatic hydroxyl groups excluding tert-OH is 2. The lowest BCUT2D eigenvalue weighted by atomic mass is 10.0. The molecule has 0 saturated carbocycles. The van der Waals surface area contributed by atoms with Crippen LogP contribution >= 0.6 is 0 Å². The Bertz CT molecular complexity index is 401. The number of rotatable bonds is 4. The Morgan fingerprint density at radius 3 is 2.20 bits per heavy atom. The van der Waals surface area contributed by atoms with Crippen molar-refractivity contribution in [2.24, 2.45) is 5.18 Å². The van der Waals surface area contributed by atoms with E-state index >= 15 is 0 Å². The van der Waals surface area contributed by atoms with Gasteiger partial charge >= 0.3 is 0 Å². The summed E-state index contributed by atoms with van der Waals surface area (Å²) in [5.74, 6) is -0.302. The van der Waals surface area contributed by atoms with Crippen molar-refractivity contribution in [3.63, 3.8) is 0 Å². The van der Waals surface area contributed by atoms with Crippen LogP contribution in [0.1, 0.15) is 28.4 Å². The van der Waals surface area contributed by atoms with E-state index in [4.69, 9.17) is 10.2 Å². The fraction of sp³-hybridized carbons (Fsp3) is 0.300. The Morgan fingerprint density at radius 2 is 1.80 bits per heavy atom. The van der Waals surface area contributed by atoms with Crippen molar-refractivity contribution in [1.29, 1.82) is 0 Å². The maximum atomic E-state index is 11.1. The highest BCUT2D eigenvalue weighted by atomic mass is 16.3. The smallest absolute Gasteiger partial charge is 0.162 e. The second-order valence-electron chi connectivity index (χ2n) is 3.10. The molecule has 0 spiro atoms. The molecule has 0 aliphatic rings. The Labute approximate surface area is 86.3 Å². The van der Waals surface area contributed by atoms with Gasteiger partial charge in [-0.05, 0) is 35.4 Å². The van der Waals surface area contributed by atoms with E-state index in [0.29, 0.717) is 11.1 Å². The monoisotopic (exact) mass is 209 g/mol. The first kappa shape index (κ1) is 11.5. The third-order valence-electron chi connectivity index (χ3n) is 2.14. The highest BCUT2D eigenvalue weighted by Gasteiger charge is 2.12. The fourth-order valence-electron chi connectivity index (χ4n) is 1.33. The highest BCUT2D eigenvalue weighted by molar-refractivity contribution is 5.99. The molecule has 0 aliphatic carbocycles. The van der Waals surface area contributed by atoms with Gasteiger partial charge in [0.25, 0.3) is 0 Å². The van der Waals surface area contributed by atoms with E-state index in [0.717, 1.165) is 0 Å². The second kappa shape index (κ2) is 4.77. The molecule has 5 nitrogen and oxygen atoms in total. The van der Waals surface area contributed by atoms with Crippen molar-refractivity contribution in [3.8, 4) is 0 Å². The van der Waals surface area contributed by atoms with Crippen molar-refractivity contribution in [3.05, 3.63) is 33.7 Å². The molecule has 15 heavy (non-hydrogen) atoms. The highest BCUT2D eigenvalue weighted by Crippen LogP contribution is 2.25. The zero-order valence-corrected chi connectivity index (χ0v) is 8.23. The van der Waals surface area contributed by atoms with Crippen LogP contribution < -0.4 is 0 Å². The van der Waals surface area contributed by atoms with Crippen LogP contribution in [0.2, 0.25) is 0 Å². The number of Topliss-reactive ketones (excluding diaryl/α,β-unsaturated/α-hetero) is 1. The van der Waals surface area contributed by atoms with Crippen LogP contribution in [0.5, 0.6) is 0 Å². The summed E-state index contributed by atoms with van der Waals surface area (Å²) in [4.78, 5) is 21.6. The number of ketones is 1. The Balaban J connectivity index is 3.40. The number of benzene rings is 1. The molecule has 80 valence electrons. The molecular formula is C10H11NO4. The first-order valence-electron chi connectivity index (χ1n) is 4.35. The molecule has 0 aliphatic heterocycles. The molecule has 0 aromatic heterocycles. The quantitative estimate of drug-likeness (QED) is 0.577. The van der Waals surface area contributed by atoms with Gasteiger partial charge in [0.1, 0.15) is 5.69 Å². The summed E-state index contributed by atoms with van der Waals surface area (Å²) in [6, 6.07) is 2.69. The standard InChI is InChI=1S/C10H11NO4/c1-6(14)9-2-7(4-12)8(5-13)3-10(9)11-15/h2-3,12-13H,4-5H2,1H3. The van der Waals surface area contributed by atoms with Crippen LogP contribution in [0.25, 0.3) is 0 Å². The Morgan fingerprint density at radius 1 is 1.27 bits per heavy atom. The minimum atomic E-state index is -0.309. The van der Waals surface area contributed by atoms with E-state index in [1.165, 1.54) is 19.1 Å². The van der Waals surface area contributed by atoms with Crippen LogP contribution in [-0.2, 0) is 13.2 Å². The van der Waals surface area contributed by atoms with E-state index < -0.39 is 0 Å². The van der Waals surface area contributed by atoms with E-state index in [1.807, 2.05) is 0 Å². The Hall–Kier alpha value is -1.59. The van der Waals surface area contributed by atoms with E-state index in [-0.39, 0.29) is 30.2 Å². The summed E-state index contributed by atoms with van der Waals surface area (Å²) in [6.07, 6.45) is 0. The largest absolute Gasteiger partial charge is 0.392 e. The van der Waals surface area contributed by atoms with Crippen molar-refractivity contribution >= 4 is 11.5 Å². The minimum absolute atomic E-state index is 0.0104. The van der Waals surface area contributed by atoms with Crippen molar-refractivity contribution in [1.82, 2.24) is 0 Å². The van der Waals surface area contributed by atoms with Gasteiger partial charge in [-0.3, -0.25) is 4.79 Å². The average molecular weight is 209 g/mol. The van der Waals surface area contributed by atoms with Gasteiger partial charge < -0.3 is 10.2 Å². The molecule has 0 radical (unpaired) electrons. The van der Waals surface area contributed by atoms with Crippen LogP contribution in [0, 0.1) is 4.91 Å². The maximum Gasteiger partial charge on any atom is 0.162 e. The van der Waals surface area contributed by atoms with E-state index in [2.05, 4.69) is 5.18 Å². The van der Waals surface area contributed by atoms with Crippen LogP contribution in [-0.4, -0.2) is 16.0 Å². The van der Waals surface area contributed by atoms with Gasteiger partial charge in [0.15, 0.2) is 5.78 Å². The lowest BCUT2D eigenvalue weighted by Crippen LogP contribution is -2.00. The predicted octanol–water partition coefficient (Wildman–Crippen LogP) is 1.27. The number of hydrogen-bond acceptors (Lipinski definition) is 5. The van der Waals surface area contributed by atoms with Gasteiger partial charge in [0.2, 0.25) is 0 Å². The summed E-state index contributed by atoms with van der Waals surface area (Å²) < 4.78 is 0. The first-order valence-corrected chi connectivity index (χ1v) is 4.35. The van der Waals surface area contributed by atoms with E-state index in [1.54, 1.807) is 0 Å². The number of aliphatic hydroxyl groups is 2. The molecule has 0 atom stereocenters. The topological polar surface area (TPSA) is 87.0 Å². The molecule has 1 rings (SSSR count). The second-order valence-corrected chi connectivity index (χ2v) is 3.10. The van der Waals surface area contributed by atoms with Gasteiger partial charge in [0.05, 0.1) is 13.2 Å². The minimum Gasteiger partial charge on any atom is -0.392 e. The first-order chi connectivity index (χ1) is 7.13. The third-order valence-corrected chi connectivity index (χ3v) is 2.14. The van der Waals surface area contributed by atoms with Gasteiger partial charge in [-0.15, -0.1) is 4.91 Å². The van der Waals surface area contributed by atoms with Crippen molar-refractivity contribution in [2.45, 2.75) is 20.1 Å². The van der Waals surface area contributed by atoms with Crippen LogP contribution in [0.3, 0.4) is 0 Å². The molecule has 5 heteroatoms. The zero-order chi connectivity index (χ0) is 11.4. The molecule has 0 unspecified atom stereocenters. The molecule has 1 aromatic rings. The SMILES string of the molecule is CC(=O)c1cc(CO)c(CO)cc1N=O. The molecule has 2 N–H and O–H groups in total. The number of carbonyl (C=O) groups excluding carboxylic acids is 1. The number of nitroso groups, excluding NO2 is 1. The summed E-state index contributed by atoms with van der Waals surface area (Å²) in [5.41, 5.74) is 0.974. The van der Waals surface area contributed by atoms with Gasteiger partial charge in [-0.25, -0.2) is 0 Å². The van der Waals surface area contributed by atoms with Gasteiger partial charge in [-0.1, -0.05) is 0 Å². The molecule has 0 bridgehead atoms. The molecule has 0 fully saturated rings. The summed E-state index contributed by atoms with van der Waals surface area (Å²) in [6.45, 7) is 0.704. The number of hydrogen-bond donors (Lipinski definition) is 2. The normalized spacial score (nSPS) is 10.1. The lowest BCUT2D eigenvalue weighted by Gasteiger charge is -2.07. The summed E-state index contributed by atoms with van der Waals surface area (Å²) in [5, 5.41) is 20.7. The van der Waals surface area contributed by atoms with Crippen LogP contribution in [0.15, 0.2) is 17.3 Å². The summed E-state index contributed by atoms with van der Waals surface area (Å²) in [7, 11) is 0. The maximum absolute atomic E-state index is 11.1. The lowest BCUT2D eigenvalue weighted by molar-refractivity contribution is 0.101. The molecule has 1 aromatic carbocycles. The van der Waals surface area contributed by atoms with Gasteiger partial charge in [-0.2, -0.15) is 0 Å². The van der Waals surface area contributed by atoms with Crippen LogP contribution in [0.4, 0.5) is 5.69 Å². The van der Waals surface area contributed by atoms with Crippen molar-refractivity contribution < 1.29 is 15.0 Å². The zero-order valence-electron chi connectivity index (χ0n) is 8.23. The third kappa shape index (κ3) is 2.26. The number of carbonyl (C=O) groups is 1. The molecule has 0 saturated heterocycles. The molecule has 0 amide bonds. The average Bonchev–Trinajstić information content (AvgIpc) is 2.26. The van der Waals surface area contributed by atoms with Crippen molar-refractivity contribution in [2.75, 3.05) is 0 Å². The molecular weight excluding hydrogens is 198 g/mol. The summed E-state index contributed by atoms with van der Waals surface area (Å²) >= 11 is 0. The van der Waals surface area contributed by atoms with E-state index in [9.17, 15) is 9.70 Å². The Kier molecular flexibility index (Phi) is 3.65.